The van der Waals surface area contributed by atoms with Gasteiger partial charge < -0.3 is 5.73 Å². The van der Waals surface area contributed by atoms with Crippen molar-refractivity contribution in [3.8, 4) is 0 Å². The van der Waals surface area contributed by atoms with Gasteiger partial charge in [0.2, 0.25) is 0 Å². The molecule has 2 rings (SSSR count). The zero-order chi connectivity index (χ0) is 13.1. The molecule has 0 saturated heterocycles. The summed E-state index contributed by atoms with van der Waals surface area (Å²) in [4.78, 5) is 0. The Morgan fingerprint density at radius 3 is 2.72 bits per heavy atom. The van der Waals surface area contributed by atoms with E-state index in [1.165, 1.54) is 12.1 Å². The van der Waals surface area contributed by atoms with Crippen molar-refractivity contribution in [1.29, 1.82) is 0 Å². The van der Waals surface area contributed by atoms with Crippen LogP contribution in [0.4, 0.5) is 4.39 Å². The fraction of sp³-hybridized carbons (Fsp3) is 0.200. The SMILES string of the molecule is Cc1ccc(Cl)cc1C(N)Cc1cccc(F)c1. The van der Waals surface area contributed by atoms with Crippen LogP contribution in [0.2, 0.25) is 5.02 Å². The van der Waals surface area contributed by atoms with Crippen molar-refractivity contribution in [3.05, 3.63) is 70.0 Å². The third-order valence-electron chi connectivity index (χ3n) is 2.99. The van der Waals surface area contributed by atoms with Gasteiger partial charge in [0, 0.05) is 11.1 Å². The Bertz CT molecular complexity index is 554. The molecule has 2 N–H and O–H groups in total. The Balaban J connectivity index is 2.21. The predicted molar refractivity (Wildman–Crippen MR) is 73.2 cm³/mol. The molecule has 0 radical (unpaired) electrons. The molecule has 0 bridgehead atoms. The lowest BCUT2D eigenvalue weighted by Crippen LogP contribution is -2.14. The monoisotopic (exact) mass is 263 g/mol. The normalized spacial score (nSPS) is 12.4. The number of nitrogens with two attached hydrogens (primary N) is 1. The predicted octanol–water partition coefficient (Wildman–Crippen LogP) is 4.03. The first-order valence-corrected chi connectivity index (χ1v) is 6.20. The number of aryl methyl sites for hydroxylation is 1. The molecule has 1 atom stereocenters. The molecule has 3 heteroatoms. The topological polar surface area (TPSA) is 26.0 Å². The minimum Gasteiger partial charge on any atom is -0.324 e. The minimum absolute atomic E-state index is 0.175. The lowest BCUT2D eigenvalue weighted by Gasteiger charge is -2.15. The van der Waals surface area contributed by atoms with E-state index in [1.54, 1.807) is 6.07 Å². The van der Waals surface area contributed by atoms with E-state index in [1.807, 2.05) is 31.2 Å². The largest absolute Gasteiger partial charge is 0.324 e. The molecule has 0 aliphatic carbocycles. The maximum atomic E-state index is 13.1. The van der Waals surface area contributed by atoms with Crippen molar-refractivity contribution in [2.75, 3.05) is 0 Å². The zero-order valence-electron chi connectivity index (χ0n) is 10.2. The lowest BCUT2D eigenvalue weighted by atomic mass is 9.96. The van der Waals surface area contributed by atoms with Crippen molar-refractivity contribution in [1.82, 2.24) is 0 Å². The number of benzene rings is 2. The molecule has 0 aliphatic rings. The Morgan fingerprint density at radius 2 is 2.00 bits per heavy atom. The number of hydrogen-bond acceptors (Lipinski definition) is 1. The highest BCUT2D eigenvalue weighted by atomic mass is 35.5. The number of halogens is 2. The lowest BCUT2D eigenvalue weighted by molar-refractivity contribution is 0.622. The van der Waals surface area contributed by atoms with Gasteiger partial charge in [-0.1, -0.05) is 29.8 Å². The summed E-state index contributed by atoms with van der Waals surface area (Å²) >= 11 is 5.97. The first-order valence-electron chi connectivity index (χ1n) is 5.82. The van der Waals surface area contributed by atoms with Gasteiger partial charge in [0.1, 0.15) is 5.82 Å². The third-order valence-corrected chi connectivity index (χ3v) is 3.22. The summed E-state index contributed by atoms with van der Waals surface area (Å²) in [6.45, 7) is 2.00. The number of hydrogen-bond donors (Lipinski definition) is 1. The molecule has 18 heavy (non-hydrogen) atoms. The van der Waals surface area contributed by atoms with Gasteiger partial charge >= 0.3 is 0 Å². The molecule has 1 nitrogen and oxygen atoms in total. The van der Waals surface area contributed by atoms with E-state index in [0.29, 0.717) is 11.4 Å². The summed E-state index contributed by atoms with van der Waals surface area (Å²) in [6.07, 6.45) is 0.596. The van der Waals surface area contributed by atoms with Gasteiger partial charge in [-0.15, -0.1) is 0 Å². The molecule has 0 aliphatic heterocycles. The Kier molecular flexibility index (Phi) is 4.00. The molecule has 0 aromatic heterocycles. The van der Waals surface area contributed by atoms with Gasteiger partial charge in [-0.05, 0) is 54.3 Å². The minimum atomic E-state index is -0.234. The van der Waals surface area contributed by atoms with Crippen molar-refractivity contribution in [2.24, 2.45) is 5.73 Å². The van der Waals surface area contributed by atoms with Crippen molar-refractivity contribution >= 4 is 11.6 Å². The second-order valence-corrected chi connectivity index (χ2v) is 4.88. The van der Waals surface area contributed by atoms with E-state index in [-0.39, 0.29) is 11.9 Å². The summed E-state index contributed by atoms with van der Waals surface area (Å²) in [5.74, 6) is -0.234. The fourth-order valence-electron chi connectivity index (χ4n) is 2.04. The fourth-order valence-corrected chi connectivity index (χ4v) is 2.22. The smallest absolute Gasteiger partial charge is 0.123 e. The van der Waals surface area contributed by atoms with Crippen LogP contribution in [0, 0.1) is 12.7 Å². The average molecular weight is 264 g/mol. The second-order valence-electron chi connectivity index (χ2n) is 4.44. The van der Waals surface area contributed by atoms with Crippen LogP contribution < -0.4 is 5.73 Å². The van der Waals surface area contributed by atoms with E-state index < -0.39 is 0 Å². The van der Waals surface area contributed by atoms with Crippen LogP contribution in [-0.4, -0.2) is 0 Å². The van der Waals surface area contributed by atoms with E-state index >= 15 is 0 Å². The Hall–Kier alpha value is -1.38. The molecule has 1 unspecified atom stereocenters. The van der Waals surface area contributed by atoms with Crippen molar-refractivity contribution in [3.63, 3.8) is 0 Å². The van der Waals surface area contributed by atoms with Gasteiger partial charge in [0.15, 0.2) is 0 Å². The first kappa shape index (κ1) is 13.1. The molecular weight excluding hydrogens is 249 g/mol. The Labute approximate surface area is 111 Å². The van der Waals surface area contributed by atoms with E-state index in [2.05, 4.69) is 0 Å². The van der Waals surface area contributed by atoms with Crippen LogP contribution in [0.15, 0.2) is 42.5 Å². The Morgan fingerprint density at radius 1 is 1.22 bits per heavy atom. The summed E-state index contributed by atoms with van der Waals surface area (Å²) < 4.78 is 13.1. The van der Waals surface area contributed by atoms with Crippen LogP contribution >= 0.6 is 11.6 Å². The van der Waals surface area contributed by atoms with Crippen LogP contribution in [0.25, 0.3) is 0 Å². The summed E-state index contributed by atoms with van der Waals surface area (Å²) in [6, 6.07) is 12.0. The maximum Gasteiger partial charge on any atom is 0.123 e. The molecule has 0 heterocycles. The van der Waals surface area contributed by atoms with Crippen LogP contribution in [0.3, 0.4) is 0 Å². The van der Waals surface area contributed by atoms with E-state index in [9.17, 15) is 4.39 Å². The quantitative estimate of drug-likeness (QED) is 0.889. The van der Waals surface area contributed by atoms with Gasteiger partial charge in [-0.2, -0.15) is 0 Å². The van der Waals surface area contributed by atoms with E-state index in [0.717, 1.165) is 16.7 Å². The van der Waals surface area contributed by atoms with Crippen molar-refractivity contribution in [2.45, 2.75) is 19.4 Å². The van der Waals surface area contributed by atoms with Gasteiger partial charge in [0.05, 0.1) is 0 Å². The van der Waals surface area contributed by atoms with E-state index in [4.69, 9.17) is 17.3 Å². The maximum absolute atomic E-state index is 13.1. The molecule has 0 saturated carbocycles. The van der Waals surface area contributed by atoms with Crippen LogP contribution in [-0.2, 0) is 6.42 Å². The first-order chi connectivity index (χ1) is 8.56. The molecule has 0 fully saturated rings. The molecular formula is C15H15ClFN. The molecule has 0 amide bonds. The molecule has 0 spiro atoms. The van der Waals surface area contributed by atoms with Crippen molar-refractivity contribution < 1.29 is 4.39 Å². The standard InChI is InChI=1S/C15H15ClFN/c1-10-5-6-12(16)9-14(10)15(18)8-11-3-2-4-13(17)7-11/h2-7,9,15H,8,18H2,1H3. The van der Waals surface area contributed by atoms with Crippen LogP contribution in [0.1, 0.15) is 22.7 Å². The van der Waals surface area contributed by atoms with Gasteiger partial charge in [-0.3, -0.25) is 0 Å². The molecule has 2 aromatic rings. The second kappa shape index (κ2) is 5.51. The number of rotatable bonds is 3. The van der Waals surface area contributed by atoms with Crippen LogP contribution in [0.5, 0.6) is 0 Å². The molecule has 2 aromatic carbocycles. The van der Waals surface area contributed by atoms with Gasteiger partial charge in [0.25, 0.3) is 0 Å². The molecule has 94 valence electrons. The third kappa shape index (κ3) is 3.09. The zero-order valence-corrected chi connectivity index (χ0v) is 10.9. The summed E-state index contributed by atoms with van der Waals surface area (Å²) in [5, 5.41) is 0.672. The summed E-state index contributed by atoms with van der Waals surface area (Å²) in [5.41, 5.74) is 9.16. The highest BCUT2D eigenvalue weighted by molar-refractivity contribution is 6.30. The summed E-state index contributed by atoms with van der Waals surface area (Å²) in [7, 11) is 0. The highest BCUT2D eigenvalue weighted by Crippen LogP contribution is 2.23. The van der Waals surface area contributed by atoms with Gasteiger partial charge in [-0.25, -0.2) is 4.39 Å². The highest BCUT2D eigenvalue weighted by Gasteiger charge is 2.10. The average Bonchev–Trinajstić information content (AvgIpc) is 2.32.